The van der Waals surface area contributed by atoms with E-state index < -0.39 is 57.5 Å². The first-order valence-electron chi connectivity index (χ1n) is 25.9. The lowest BCUT2D eigenvalue weighted by molar-refractivity contribution is -0.130. The highest BCUT2D eigenvalue weighted by molar-refractivity contribution is 8.19. The maximum Gasteiger partial charge on any atom is 0.251 e. The summed E-state index contributed by atoms with van der Waals surface area (Å²) >= 11 is 2.46. The van der Waals surface area contributed by atoms with E-state index in [4.69, 9.17) is 18.8 Å². The Balaban J connectivity index is 1.06. The lowest BCUT2D eigenvalue weighted by Crippen LogP contribution is -2.47. The number of hydrogen-bond donors (Lipinski definition) is 4. The summed E-state index contributed by atoms with van der Waals surface area (Å²) in [6.45, 7) is 3.27. The molecule has 2 aliphatic heterocycles. The average Bonchev–Trinajstić information content (AvgIpc) is 4.49. The van der Waals surface area contributed by atoms with Gasteiger partial charge in [0.15, 0.2) is 10.3 Å². The van der Waals surface area contributed by atoms with E-state index in [0.29, 0.717) is 44.9 Å². The Labute approximate surface area is 474 Å². The van der Waals surface area contributed by atoms with Crippen molar-refractivity contribution in [2.75, 3.05) is 10.6 Å². The maximum absolute atomic E-state index is 16.3. The minimum absolute atomic E-state index is 0.0569. The highest BCUT2D eigenvalue weighted by Crippen LogP contribution is 2.60. The molecule has 0 saturated carbocycles. The van der Waals surface area contributed by atoms with Crippen molar-refractivity contribution in [1.82, 2.24) is 20.4 Å². The fourth-order valence-electron chi connectivity index (χ4n) is 9.51. The lowest BCUT2D eigenvalue weighted by atomic mass is 9.85. The SMILES string of the molecule is C[C@H](NC(=O)Cc1ccccc1)C(=O)Nc1ccc(C2C(C3(c4ccc(NC(=O)[C@H](C)NC(=O)Cc5ccccc5)cc4)SC(=Nc4cccc(F)c4)N(Cc4ccco4)C3=O)SC(=Nc3cccc(F)c3)N2Cc2ccco2)cc1. The molecule has 10 rings (SSSR count). The van der Waals surface area contributed by atoms with Crippen LogP contribution in [0, 0.1) is 11.6 Å². The van der Waals surface area contributed by atoms with Gasteiger partial charge in [0.2, 0.25) is 23.6 Å². The molecule has 4 N–H and O–H groups in total. The molecule has 19 heteroatoms. The quantitative estimate of drug-likeness (QED) is 0.0606. The molecule has 15 nitrogen and oxygen atoms in total. The van der Waals surface area contributed by atoms with E-state index in [1.54, 1.807) is 92.9 Å². The molecule has 0 aliphatic carbocycles. The van der Waals surface area contributed by atoms with E-state index in [1.165, 1.54) is 65.0 Å². The van der Waals surface area contributed by atoms with Gasteiger partial charge in [-0.25, -0.2) is 18.8 Å². The molecule has 8 aromatic rings. The predicted octanol–water partition coefficient (Wildman–Crippen LogP) is 11.2. The standard InChI is InChI=1S/C62H54F2N8O7S2/c1-39(65-53(73)33-41-13-5-3-6-14-41)57(75)67-47-27-23-43(24-28-47)55-56(80-60(69-49-19-9-17-45(63)35-49)71(55)37-51-21-11-31-78-51)62(59(77)72(38-52-22-12-32-79-52)61(81-62)70-50-20-10-18-46(64)36-50)44-25-29-48(30-26-44)68-58(76)40(2)66-54(74)34-42-15-7-4-8-16-42/h3-32,35-36,39-40,55-56H,33-34,37-38H2,1-2H3,(H,65,73)(H,66,74)(H,67,75)(H,68,76)/t39-,40-,55?,56?,62?/m0/s1. The molecular weight excluding hydrogens is 1070 g/mol. The van der Waals surface area contributed by atoms with Crippen LogP contribution in [0.3, 0.4) is 0 Å². The molecule has 2 aromatic heterocycles. The first-order valence-corrected chi connectivity index (χ1v) is 27.6. The van der Waals surface area contributed by atoms with E-state index in [9.17, 15) is 23.6 Å². The predicted molar refractivity (Wildman–Crippen MR) is 310 cm³/mol. The van der Waals surface area contributed by atoms with Crippen molar-refractivity contribution in [2.24, 2.45) is 9.98 Å². The molecule has 81 heavy (non-hydrogen) atoms. The van der Waals surface area contributed by atoms with E-state index in [2.05, 4.69) is 21.3 Å². The van der Waals surface area contributed by atoms with Gasteiger partial charge in [-0.3, -0.25) is 28.9 Å². The Morgan fingerprint density at radius 1 is 0.593 bits per heavy atom. The topological polar surface area (TPSA) is 191 Å². The summed E-state index contributed by atoms with van der Waals surface area (Å²) in [6.07, 6.45) is 3.25. The summed E-state index contributed by atoms with van der Waals surface area (Å²) in [5, 5.41) is 11.2. The van der Waals surface area contributed by atoms with Gasteiger partial charge < -0.3 is 35.0 Å². The highest BCUT2D eigenvalue weighted by atomic mass is 32.2. The van der Waals surface area contributed by atoms with Crippen LogP contribution in [0.4, 0.5) is 31.5 Å². The molecule has 6 aromatic carbocycles. The number of furan rings is 2. The summed E-state index contributed by atoms with van der Waals surface area (Å²) in [6, 6.07) is 48.5. The number of amides is 5. The van der Waals surface area contributed by atoms with E-state index in [1.807, 2.05) is 83.8 Å². The van der Waals surface area contributed by atoms with Gasteiger partial charge in [0, 0.05) is 11.4 Å². The summed E-state index contributed by atoms with van der Waals surface area (Å²) < 4.78 is 40.1. The molecule has 2 aliphatic rings. The van der Waals surface area contributed by atoms with Crippen LogP contribution in [0.2, 0.25) is 0 Å². The molecular formula is C62H54F2N8O7S2. The molecule has 2 saturated heterocycles. The number of hydrogen-bond acceptors (Lipinski definition) is 11. The molecule has 0 bridgehead atoms. The van der Waals surface area contributed by atoms with Gasteiger partial charge >= 0.3 is 0 Å². The number of nitrogens with one attached hydrogen (secondary N) is 4. The summed E-state index contributed by atoms with van der Waals surface area (Å²) in [5.41, 5.74) is 4.14. The van der Waals surface area contributed by atoms with E-state index in [-0.39, 0.29) is 48.6 Å². The summed E-state index contributed by atoms with van der Waals surface area (Å²) in [5.74, 6) is -2.01. The smallest absolute Gasteiger partial charge is 0.251 e. The Morgan fingerprint density at radius 2 is 1.09 bits per heavy atom. The molecule has 0 spiro atoms. The first kappa shape index (κ1) is 55.3. The van der Waals surface area contributed by atoms with Crippen LogP contribution >= 0.6 is 23.5 Å². The van der Waals surface area contributed by atoms with Crippen LogP contribution in [-0.4, -0.2) is 67.0 Å². The number of carbonyl (C=O) groups is 5. The number of benzene rings is 6. The van der Waals surface area contributed by atoms with E-state index >= 15 is 9.18 Å². The largest absolute Gasteiger partial charge is 0.467 e. The van der Waals surface area contributed by atoms with Crippen molar-refractivity contribution in [1.29, 1.82) is 0 Å². The number of rotatable bonds is 19. The zero-order valence-electron chi connectivity index (χ0n) is 43.8. The van der Waals surface area contributed by atoms with Gasteiger partial charge in [0.05, 0.1) is 61.1 Å². The zero-order chi connectivity index (χ0) is 56.5. The Kier molecular flexibility index (Phi) is 17.0. The second kappa shape index (κ2) is 24.9. The maximum atomic E-state index is 16.3. The minimum Gasteiger partial charge on any atom is -0.467 e. The molecule has 0 radical (unpaired) electrons. The van der Waals surface area contributed by atoms with Gasteiger partial charge in [0.25, 0.3) is 5.91 Å². The number of amidine groups is 2. The van der Waals surface area contributed by atoms with Crippen LogP contribution in [0.5, 0.6) is 0 Å². The van der Waals surface area contributed by atoms with Crippen molar-refractivity contribution in [3.05, 3.63) is 240 Å². The molecule has 3 unspecified atom stereocenters. The third-order valence-corrected chi connectivity index (χ3v) is 16.5. The fourth-order valence-corrected chi connectivity index (χ4v) is 12.7. The third-order valence-electron chi connectivity index (χ3n) is 13.5. The van der Waals surface area contributed by atoms with Crippen LogP contribution in [-0.2, 0) is 54.7 Å². The molecule has 410 valence electrons. The Morgan fingerprint density at radius 3 is 1.58 bits per heavy atom. The molecule has 5 amide bonds. The second-order valence-corrected chi connectivity index (χ2v) is 21.7. The Bertz CT molecular complexity index is 3590. The second-order valence-electron chi connectivity index (χ2n) is 19.3. The van der Waals surface area contributed by atoms with Crippen LogP contribution in [0.25, 0.3) is 0 Å². The number of halogens is 2. The number of anilines is 2. The van der Waals surface area contributed by atoms with Gasteiger partial charge in [-0.2, -0.15) is 0 Å². The summed E-state index contributed by atoms with van der Waals surface area (Å²) in [7, 11) is 0. The lowest BCUT2D eigenvalue weighted by Gasteiger charge is -2.37. The number of nitrogens with zero attached hydrogens (tertiary/aromatic N) is 4. The van der Waals surface area contributed by atoms with Crippen molar-refractivity contribution in [2.45, 2.75) is 67.9 Å². The third kappa shape index (κ3) is 13.2. The van der Waals surface area contributed by atoms with Gasteiger partial charge in [-0.05, 0) is 121 Å². The normalized spacial score (nSPS) is 18.6. The fraction of sp³-hybridized carbons (Fsp3) is 0.177. The zero-order valence-corrected chi connectivity index (χ0v) is 45.5. The van der Waals surface area contributed by atoms with Crippen molar-refractivity contribution < 1.29 is 41.6 Å². The molecule has 5 atom stereocenters. The Hall–Kier alpha value is -9.07. The van der Waals surface area contributed by atoms with Gasteiger partial charge in [-0.15, -0.1) is 0 Å². The average molecular weight is 1130 g/mol. The highest BCUT2D eigenvalue weighted by Gasteiger charge is 2.63. The van der Waals surface area contributed by atoms with Gasteiger partial charge in [0.1, 0.15) is 40.0 Å². The first-order chi connectivity index (χ1) is 39.3. The van der Waals surface area contributed by atoms with Crippen LogP contribution < -0.4 is 21.3 Å². The van der Waals surface area contributed by atoms with E-state index in [0.717, 1.165) is 11.1 Å². The van der Waals surface area contributed by atoms with Gasteiger partial charge in [-0.1, -0.05) is 121 Å². The number of carbonyl (C=O) groups excluding carboxylic acids is 5. The molecule has 2 fully saturated rings. The van der Waals surface area contributed by atoms with Crippen LogP contribution in [0.1, 0.15) is 53.7 Å². The van der Waals surface area contributed by atoms with Crippen LogP contribution in [0.15, 0.2) is 213 Å². The van der Waals surface area contributed by atoms with Crippen molar-refractivity contribution >= 4 is 86.1 Å². The minimum atomic E-state index is -1.63. The summed E-state index contributed by atoms with van der Waals surface area (Å²) in [4.78, 5) is 83.0. The van der Waals surface area contributed by atoms with Crippen molar-refractivity contribution in [3.63, 3.8) is 0 Å². The monoisotopic (exact) mass is 1120 g/mol. The molecule has 4 heterocycles. The number of thioether (sulfide) groups is 2. The number of aliphatic imine (C=N–C) groups is 2. The van der Waals surface area contributed by atoms with Crippen molar-refractivity contribution in [3.8, 4) is 0 Å².